The number of benzene rings is 2. The normalized spacial score (nSPS) is 9.39. The van der Waals surface area contributed by atoms with Crippen molar-refractivity contribution in [3.8, 4) is 0 Å². The Bertz CT molecular complexity index is 618. The predicted octanol–water partition coefficient (Wildman–Crippen LogP) is 4.05. The van der Waals surface area contributed by atoms with Crippen molar-refractivity contribution in [2.45, 2.75) is 6.42 Å². The van der Waals surface area contributed by atoms with Gasteiger partial charge in [-0.2, -0.15) is 0 Å². The van der Waals surface area contributed by atoms with Crippen LogP contribution in [0.5, 0.6) is 0 Å². The molecule has 0 spiro atoms. The second-order valence-electron chi connectivity index (χ2n) is 3.85. The van der Waals surface area contributed by atoms with E-state index in [1.54, 1.807) is 0 Å². The molecule has 2 nitrogen and oxygen atoms in total. The van der Waals surface area contributed by atoms with Crippen LogP contribution in [0.25, 0.3) is 0 Å². The van der Waals surface area contributed by atoms with Crippen LogP contribution >= 0.6 is 11.6 Å². The number of carbonyl (C=O) groups is 1. The quantitative estimate of drug-likeness (QED) is 0.502. The molecule has 2 aromatic carbocycles. The van der Waals surface area contributed by atoms with E-state index in [0.717, 1.165) is 7.11 Å². The van der Waals surface area contributed by atoms with Crippen LogP contribution in [0, 0.1) is 29.1 Å². The van der Waals surface area contributed by atoms with E-state index in [1.807, 2.05) is 6.79 Å². The summed E-state index contributed by atoms with van der Waals surface area (Å²) in [6.45, 7) is 2.00. The highest BCUT2D eigenvalue weighted by Gasteiger charge is 2.25. The fourth-order valence-corrected chi connectivity index (χ4v) is 1.74. The topological polar surface area (TPSA) is 37.3 Å². The number of aliphatic hydroxyl groups is 1. The molecule has 1 N–H and O–H groups in total. The summed E-state index contributed by atoms with van der Waals surface area (Å²) in [5.41, 5.74) is -0.480. The number of hydrogen-bond donors (Lipinski definition) is 1. The molecule has 0 radical (unpaired) electrons. The van der Waals surface area contributed by atoms with E-state index in [4.69, 9.17) is 21.5 Å². The van der Waals surface area contributed by atoms with Crippen LogP contribution in [-0.2, 0) is 11.2 Å². The van der Waals surface area contributed by atoms with Gasteiger partial charge in [-0.15, -0.1) is 0 Å². The average Bonchev–Trinajstić information content (AvgIpc) is 2.60. The summed E-state index contributed by atoms with van der Waals surface area (Å²) in [6.07, 6.45) is -0.414. The van der Waals surface area contributed by atoms with E-state index in [2.05, 4.69) is 0 Å². The standard InChI is InChI=1S/C13H6ClF5.CH4O.CH2O/c14-7-3-1-6(2-4-7)5-8-9(15)11(17)13(19)12(18)10(8)16;2*1-2/h1-4H,5H2;2H,1H3;1H2. The average molecular weight is 355 g/mol. The summed E-state index contributed by atoms with van der Waals surface area (Å²) < 4.78 is 65.7. The Balaban J connectivity index is 0.00000112. The van der Waals surface area contributed by atoms with Gasteiger partial charge in [0.25, 0.3) is 0 Å². The highest BCUT2D eigenvalue weighted by atomic mass is 35.5. The monoisotopic (exact) mass is 354 g/mol. The first-order valence-electron chi connectivity index (χ1n) is 5.90. The van der Waals surface area contributed by atoms with Gasteiger partial charge in [-0.05, 0) is 17.7 Å². The first kappa shape index (κ1) is 21.0. The molecule has 0 aromatic heterocycles. The molecular weight excluding hydrogens is 343 g/mol. The van der Waals surface area contributed by atoms with Gasteiger partial charge < -0.3 is 9.90 Å². The van der Waals surface area contributed by atoms with Crippen molar-refractivity contribution in [2.75, 3.05) is 7.11 Å². The molecule has 0 aliphatic carbocycles. The van der Waals surface area contributed by atoms with Crippen LogP contribution in [0.1, 0.15) is 11.1 Å². The van der Waals surface area contributed by atoms with Crippen molar-refractivity contribution in [3.63, 3.8) is 0 Å². The minimum atomic E-state index is -2.16. The van der Waals surface area contributed by atoms with E-state index < -0.39 is 41.1 Å². The number of rotatable bonds is 2. The van der Waals surface area contributed by atoms with Crippen molar-refractivity contribution in [1.82, 2.24) is 0 Å². The lowest BCUT2D eigenvalue weighted by Gasteiger charge is -2.08. The number of aliphatic hydroxyl groups excluding tert-OH is 1. The van der Waals surface area contributed by atoms with Crippen molar-refractivity contribution in [3.05, 3.63) is 69.5 Å². The SMILES string of the molecule is C=O.CO.Fc1c(F)c(F)c(Cc2ccc(Cl)cc2)c(F)c1F. The second-order valence-corrected chi connectivity index (χ2v) is 4.29. The molecule has 126 valence electrons. The van der Waals surface area contributed by atoms with Gasteiger partial charge >= 0.3 is 0 Å². The largest absolute Gasteiger partial charge is 0.400 e. The summed E-state index contributed by atoms with van der Waals surface area (Å²) in [6, 6.07) is 5.81. The second kappa shape index (κ2) is 9.91. The summed E-state index contributed by atoms with van der Waals surface area (Å²) >= 11 is 5.63. The molecular formula is C15H12ClF5O2. The Morgan fingerprint density at radius 3 is 1.57 bits per heavy atom. The van der Waals surface area contributed by atoms with Crippen LogP contribution in [0.2, 0.25) is 5.02 Å². The zero-order valence-corrected chi connectivity index (χ0v) is 12.6. The number of carbonyl (C=O) groups excluding carboxylic acids is 1. The minimum absolute atomic E-state index is 0.382. The van der Waals surface area contributed by atoms with E-state index in [1.165, 1.54) is 24.3 Å². The molecule has 0 aliphatic heterocycles. The highest BCUT2D eigenvalue weighted by Crippen LogP contribution is 2.25. The molecule has 2 aromatic rings. The van der Waals surface area contributed by atoms with E-state index in [0.29, 0.717) is 10.6 Å². The molecule has 0 atom stereocenters. The molecule has 0 bridgehead atoms. The molecule has 0 unspecified atom stereocenters. The van der Waals surface area contributed by atoms with Gasteiger partial charge in [-0.1, -0.05) is 23.7 Å². The lowest BCUT2D eigenvalue weighted by molar-refractivity contribution is -0.0979. The molecule has 2 rings (SSSR count). The molecule has 0 fully saturated rings. The first-order valence-corrected chi connectivity index (χ1v) is 6.28. The fourth-order valence-electron chi connectivity index (χ4n) is 1.61. The van der Waals surface area contributed by atoms with Gasteiger partial charge in [-0.3, -0.25) is 0 Å². The van der Waals surface area contributed by atoms with Gasteiger partial charge in [0.05, 0.1) is 0 Å². The minimum Gasteiger partial charge on any atom is -0.400 e. The third-order valence-corrected chi connectivity index (χ3v) is 2.85. The Labute approximate surface area is 134 Å². The van der Waals surface area contributed by atoms with Gasteiger partial charge in [-0.25, -0.2) is 22.0 Å². The van der Waals surface area contributed by atoms with Gasteiger partial charge in [0.15, 0.2) is 23.3 Å². The van der Waals surface area contributed by atoms with Crippen LogP contribution < -0.4 is 0 Å². The lowest BCUT2D eigenvalue weighted by Crippen LogP contribution is -2.07. The van der Waals surface area contributed by atoms with Gasteiger partial charge in [0.1, 0.15) is 6.79 Å². The van der Waals surface area contributed by atoms with Gasteiger partial charge in [0.2, 0.25) is 5.82 Å². The summed E-state index contributed by atoms with van der Waals surface area (Å²) in [5, 5.41) is 7.40. The molecule has 23 heavy (non-hydrogen) atoms. The highest BCUT2D eigenvalue weighted by molar-refractivity contribution is 6.30. The Morgan fingerprint density at radius 2 is 1.17 bits per heavy atom. The maximum Gasteiger partial charge on any atom is 0.200 e. The zero-order valence-electron chi connectivity index (χ0n) is 11.8. The predicted molar refractivity (Wildman–Crippen MR) is 75.8 cm³/mol. The Hall–Kier alpha value is -1.99. The van der Waals surface area contributed by atoms with Gasteiger partial charge in [0, 0.05) is 24.1 Å². The Kier molecular flexibility index (Phi) is 9.05. The van der Waals surface area contributed by atoms with Crippen molar-refractivity contribution in [1.29, 1.82) is 0 Å². The summed E-state index contributed by atoms with van der Waals surface area (Å²) in [5.74, 6) is -9.67. The van der Waals surface area contributed by atoms with Crippen LogP contribution in [0.15, 0.2) is 24.3 Å². The van der Waals surface area contributed by atoms with E-state index in [9.17, 15) is 22.0 Å². The molecule has 0 saturated carbocycles. The van der Waals surface area contributed by atoms with Crippen LogP contribution in [-0.4, -0.2) is 19.0 Å². The van der Waals surface area contributed by atoms with Crippen molar-refractivity contribution in [2.24, 2.45) is 0 Å². The third kappa shape index (κ3) is 5.01. The van der Waals surface area contributed by atoms with Crippen molar-refractivity contribution < 1.29 is 31.9 Å². The number of halogens is 6. The molecule has 0 amide bonds. The smallest absolute Gasteiger partial charge is 0.200 e. The van der Waals surface area contributed by atoms with Crippen LogP contribution in [0.4, 0.5) is 22.0 Å². The maximum absolute atomic E-state index is 13.4. The molecule has 0 saturated heterocycles. The van der Waals surface area contributed by atoms with E-state index in [-0.39, 0.29) is 0 Å². The van der Waals surface area contributed by atoms with Crippen LogP contribution in [0.3, 0.4) is 0 Å². The summed E-state index contributed by atoms with van der Waals surface area (Å²) in [7, 11) is 1.00. The Morgan fingerprint density at radius 1 is 0.826 bits per heavy atom. The maximum atomic E-state index is 13.4. The fraction of sp³-hybridized carbons (Fsp3) is 0.133. The summed E-state index contributed by atoms with van der Waals surface area (Å²) in [4.78, 5) is 8.00. The molecule has 0 aliphatic rings. The van der Waals surface area contributed by atoms with E-state index >= 15 is 0 Å². The first-order chi connectivity index (χ1) is 10.9. The van der Waals surface area contributed by atoms with Crippen molar-refractivity contribution >= 4 is 18.4 Å². The third-order valence-electron chi connectivity index (χ3n) is 2.59. The molecule has 0 heterocycles. The number of hydrogen-bond acceptors (Lipinski definition) is 2. The zero-order chi connectivity index (χ0) is 18.2. The lowest BCUT2D eigenvalue weighted by atomic mass is 10.0. The molecule has 8 heteroatoms.